The Labute approximate surface area is 138 Å². The summed E-state index contributed by atoms with van der Waals surface area (Å²) in [5, 5.41) is 0. The van der Waals surface area contributed by atoms with Gasteiger partial charge in [0.1, 0.15) is 0 Å². The highest BCUT2D eigenvalue weighted by molar-refractivity contribution is 9.10. The predicted octanol–water partition coefficient (Wildman–Crippen LogP) is 2.84. The van der Waals surface area contributed by atoms with E-state index in [9.17, 15) is 4.79 Å². The fourth-order valence-electron chi connectivity index (χ4n) is 2.01. The number of aryl methyl sites for hydroxylation is 1. The van der Waals surface area contributed by atoms with Crippen molar-refractivity contribution < 1.29 is 9.21 Å². The van der Waals surface area contributed by atoms with E-state index in [2.05, 4.69) is 20.9 Å². The quantitative estimate of drug-likeness (QED) is 0.853. The van der Waals surface area contributed by atoms with E-state index in [1.807, 2.05) is 31.2 Å². The standard InChI is InChI=1S/C16H20BrN3O2/c1-11(9-18)20(2)16(21)8-7-15-19-10-14(22-15)12-5-3-4-6-13(12)17/h3-6,10-11H,7-9,18H2,1-2H3. The van der Waals surface area contributed by atoms with Gasteiger partial charge in [0.15, 0.2) is 11.7 Å². The number of oxazole rings is 1. The molecule has 22 heavy (non-hydrogen) atoms. The molecule has 0 radical (unpaired) electrons. The highest BCUT2D eigenvalue weighted by Crippen LogP contribution is 2.28. The van der Waals surface area contributed by atoms with Crippen LogP contribution in [0.4, 0.5) is 0 Å². The third-order valence-electron chi connectivity index (χ3n) is 3.64. The Hall–Kier alpha value is -1.66. The molecule has 0 saturated heterocycles. The first-order valence-electron chi connectivity index (χ1n) is 7.18. The largest absolute Gasteiger partial charge is 0.441 e. The molecule has 1 atom stereocenters. The van der Waals surface area contributed by atoms with Crippen molar-refractivity contribution in [1.29, 1.82) is 0 Å². The molecule has 2 N–H and O–H groups in total. The van der Waals surface area contributed by atoms with Gasteiger partial charge in [-0.05, 0) is 13.0 Å². The number of carbonyl (C=O) groups is 1. The van der Waals surface area contributed by atoms with Crippen molar-refractivity contribution in [2.24, 2.45) is 5.73 Å². The highest BCUT2D eigenvalue weighted by Gasteiger charge is 2.16. The van der Waals surface area contributed by atoms with Crippen molar-refractivity contribution in [2.45, 2.75) is 25.8 Å². The molecule has 2 aromatic rings. The summed E-state index contributed by atoms with van der Waals surface area (Å²) >= 11 is 3.49. The fourth-order valence-corrected chi connectivity index (χ4v) is 2.49. The van der Waals surface area contributed by atoms with E-state index in [0.717, 1.165) is 10.0 Å². The van der Waals surface area contributed by atoms with Crippen LogP contribution in [0.5, 0.6) is 0 Å². The minimum Gasteiger partial charge on any atom is -0.441 e. The maximum absolute atomic E-state index is 12.0. The molecule has 1 aromatic heterocycles. The van der Waals surface area contributed by atoms with Gasteiger partial charge in [-0.3, -0.25) is 4.79 Å². The van der Waals surface area contributed by atoms with Gasteiger partial charge in [-0.25, -0.2) is 4.98 Å². The van der Waals surface area contributed by atoms with E-state index < -0.39 is 0 Å². The number of carbonyl (C=O) groups excluding carboxylic acids is 1. The van der Waals surface area contributed by atoms with Crippen LogP contribution >= 0.6 is 15.9 Å². The molecule has 1 aromatic carbocycles. The number of hydrogen-bond donors (Lipinski definition) is 1. The summed E-state index contributed by atoms with van der Waals surface area (Å²) in [6.07, 6.45) is 2.52. The van der Waals surface area contributed by atoms with Gasteiger partial charge in [0.25, 0.3) is 0 Å². The second-order valence-electron chi connectivity index (χ2n) is 5.19. The molecule has 0 aliphatic heterocycles. The van der Waals surface area contributed by atoms with Gasteiger partial charge >= 0.3 is 0 Å². The van der Waals surface area contributed by atoms with Crippen LogP contribution in [0, 0.1) is 0 Å². The maximum Gasteiger partial charge on any atom is 0.223 e. The minimum atomic E-state index is 0.0351. The molecule has 0 bridgehead atoms. The van der Waals surface area contributed by atoms with Crippen LogP contribution in [-0.4, -0.2) is 35.4 Å². The number of nitrogens with zero attached hydrogens (tertiary/aromatic N) is 2. The molecule has 6 heteroatoms. The lowest BCUT2D eigenvalue weighted by Gasteiger charge is -2.23. The number of rotatable bonds is 6. The molecule has 0 spiro atoms. The average molecular weight is 366 g/mol. The number of benzene rings is 1. The fraction of sp³-hybridized carbons (Fsp3) is 0.375. The maximum atomic E-state index is 12.0. The molecule has 2 rings (SSSR count). The number of likely N-dealkylation sites (N-methyl/N-ethyl adjacent to an activating group) is 1. The lowest BCUT2D eigenvalue weighted by molar-refractivity contribution is -0.131. The van der Waals surface area contributed by atoms with E-state index in [-0.39, 0.29) is 11.9 Å². The predicted molar refractivity (Wildman–Crippen MR) is 89.2 cm³/mol. The lowest BCUT2D eigenvalue weighted by atomic mass is 10.2. The van der Waals surface area contributed by atoms with Gasteiger partial charge in [0, 0.05) is 42.5 Å². The Morgan fingerprint density at radius 3 is 2.86 bits per heavy atom. The summed E-state index contributed by atoms with van der Waals surface area (Å²) in [5.41, 5.74) is 6.52. The van der Waals surface area contributed by atoms with Gasteiger partial charge in [0.2, 0.25) is 5.91 Å². The smallest absolute Gasteiger partial charge is 0.223 e. The second-order valence-corrected chi connectivity index (χ2v) is 6.04. The summed E-state index contributed by atoms with van der Waals surface area (Å²) in [5.74, 6) is 1.30. The van der Waals surface area contributed by atoms with E-state index >= 15 is 0 Å². The van der Waals surface area contributed by atoms with Crippen molar-refractivity contribution in [3.63, 3.8) is 0 Å². The van der Waals surface area contributed by atoms with E-state index in [0.29, 0.717) is 31.0 Å². The average Bonchev–Trinajstić information content (AvgIpc) is 3.00. The Balaban J connectivity index is 1.99. The summed E-state index contributed by atoms with van der Waals surface area (Å²) in [6, 6.07) is 7.82. The molecule has 0 fully saturated rings. The van der Waals surface area contributed by atoms with Crippen molar-refractivity contribution in [2.75, 3.05) is 13.6 Å². The molecule has 1 unspecified atom stereocenters. The summed E-state index contributed by atoms with van der Waals surface area (Å²) in [6.45, 7) is 2.38. The molecule has 0 aliphatic rings. The topological polar surface area (TPSA) is 72.4 Å². The Bertz CT molecular complexity index is 642. The zero-order chi connectivity index (χ0) is 16.1. The van der Waals surface area contributed by atoms with Crippen molar-refractivity contribution in [1.82, 2.24) is 9.88 Å². The zero-order valence-corrected chi connectivity index (χ0v) is 14.3. The summed E-state index contributed by atoms with van der Waals surface area (Å²) < 4.78 is 6.68. The summed E-state index contributed by atoms with van der Waals surface area (Å²) in [7, 11) is 1.77. The Morgan fingerprint density at radius 2 is 2.18 bits per heavy atom. The molecule has 0 saturated carbocycles. The van der Waals surface area contributed by atoms with E-state index in [1.54, 1.807) is 18.1 Å². The van der Waals surface area contributed by atoms with Crippen molar-refractivity contribution in [3.8, 4) is 11.3 Å². The van der Waals surface area contributed by atoms with Gasteiger partial charge in [-0.1, -0.05) is 34.1 Å². The molecule has 1 heterocycles. The molecule has 1 amide bonds. The Morgan fingerprint density at radius 1 is 1.45 bits per heavy atom. The number of amides is 1. The van der Waals surface area contributed by atoms with E-state index in [1.165, 1.54) is 0 Å². The van der Waals surface area contributed by atoms with Crippen LogP contribution in [0.15, 0.2) is 39.4 Å². The number of halogens is 1. The first-order chi connectivity index (χ1) is 10.5. The van der Waals surface area contributed by atoms with Crippen molar-refractivity contribution in [3.05, 3.63) is 40.8 Å². The van der Waals surface area contributed by atoms with Gasteiger partial charge < -0.3 is 15.1 Å². The van der Waals surface area contributed by atoms with Crippen LogP contribution in [0.2, 0.25) is 0 Å². The SMILES string of the molecule is CC(CN)N(C)C(=O)CCc1ncc(-c2ccccc2Br)o1. The van der Waals surface area contributed by atoms with Crippen LogP contribution in [0.25, 0.3) is 11.3 Å². The number of hydrogen-bond acceptors (Lipinski definition) is 4. The second kappa shape index (κ2) is 7.56. The molecule has 118 valence electrons. The molecule has 5 nitrogen and oxygen atoms in total. The van der Waals surface area contributed by atoms with Crippen LogP contribution in [0.3, 0.4) is 0 Å². The molecular weight excluding hydrogens is 346 g/mol. The van der Waals surface area contributed by atoms with E-state index in [4.69, 9.17) is 10.2 Å². The first kappa shape index (κ1) is 16.7. The number of aromatic nitrogens is 1. The first-order valence-corrected chi connectivity index (χ1v) is 7.97. The van der Waals surface area contributed by atoms with Gasteiger partial charge in [-0.15, -0.1) is 0 Å². The third kappa shape index (κ3) is 3.96. The summed E-state index contributed by atoms with van der Waals surface area (Å²) in [4.78, 5) is 18.0. The van der Waals surface area contributed by atoms with Crippen LogP contribution in [0.1, 0.15) is 19.2 Å². The monoisotopic (exact) mass is 365 g/mol. The minimum absolute atomic E-state index is 0.0351. The molecule has 0 aliphatic carbocycles. The molecular formula is C16H20BrN3O2. The zero-order valence-electron chi connectivity index (χ0n) is 12.8. The number of nitrogens with two attached hydrogens (primary N) is 1. The highest BCUT2D eigenvalue weighted by atomic mass is 79.9. The Kier molecular flexibility index (Phi) is 5.74. The van der Waals surface area contributed by atoms with Gasteiger partial charge in [0.05, 0.1) is 6.20 Å². The van der Waals surface area contributed by atoms with Crippen LogP contribution < -0.4 is 5.73 Å². The lowest BCUT2D eigenvalue weighted by Crippen LogP contribution is -2.39. The normalized spacial score (nSPS) is 12.2. The van der Waals surface area contributed by atoms with Crippen molar-refractivity contribution >= 4 is 21.8 Å². The van der Waals surface area contributed by atoms with Crippen LogP contribution in [-0.2, 0) is 11.2 Å². The van der Waals surface area contributed by atoms with Gasteiger partial charge in [-0.2, -0.15) is 0 Å². The third-order valence-corrected chi connectivity index (χ3v) is 4.33.